The van der Waals surface area contributed by atoms with Crippen LogP contribution in [0.15, 0.2) is 42.5 Å². The maximum atomic E-state index is 12.3. The molecule has 0 aliphatic carbocycles. The number of phenolic OH excluding ortho intramolecular Hbond substituents is 1. The van der Waals surface area contributed by atoms with Gasteiger partial charge >= 0.3 is 11.9 Å². The number of esters is 1. The zero-order valence-corrected chi connectivity index (χ0v) is 12.1. The summed E-state index contributed by atoms with van der Waals surface area (Å²) in [6, 6.07) is 9.46. The maximum Gasteiger partial charge on any atom is 0.338 e. The summed E-state index contributed by atoms with van der Waals surface area (Å²) in [5, 5.41) is 21.1. The summed E-state index contributed by atoms with van der Waals surface area (Å²) in [4.78, 5) is 34.9. The van der Waals surface area contributed by atoms with Gasteiger partial charge in [0.1, 0.15) is 5.75 Å². The Hall–Kier alpha value is -3.35. The fourth-order valence-electron chi connectivity index (χ4n) is 1.93. The molecule has 0 atom stereocenters. The first-order chi connectivity index (χ1) is 10.9. The van der Waals surface area contributed by atoms with Crippen molar-refractivity contribution >= 4 is 23.5 Å². The average Bonchev–Trinajstić information content (AvgIpc) is 2.55. The number of benzene rings is 2. The minimum atomic E-state index is -1.20. The molecule has 2 aromatic rings. The molecule has 2 aromatic carbocycles. The molecule has 2 rings (SSSR count). The number of anilines is 1. The summed E-state index contributed by atoms with van der Waals surface area (Å²) in [5.74, 6) is -2.85. The van der Waals surface area contributed by atoms with Gasteiger partial charge in [0.25, 0.3) is 5.91 Å². The van der Waals surface area contributed by atoms with Gasteiger partial charge in [0.2, 0.25) is 0 Å². The Kier molecular flexibility index (Phi) is 4.61. The van der Waals surface area contributed by atoms with E-state index < -0.39 is 17.8 Å². The molecule has 0 aromatic heterocycles. The number of ether oxygens (including phenoxy) is 1. The molecule has 0 unspecified atom stereocenters. The summed E-state index contributed by atoms with van der Waals surface area (Å²) in [6.07, 6.45) is 0. The quantitative estimate of drug-likeness (QED) is 0.588. The Morgan fingerprint density at radius 1 is 1.04 bits per heavy atom. The zero-order valence-electron chi connectivity index (χ0n) is 12.1. The lowest BCUT2D eigenvalue weighted by Crippen LogP contribution is -2.17. The Bertz CT molecular complexity index is 784. The van der Waals surface area contributed by atoms with Crippen molar-refractivity contribution < 1.29 is 29.3 Å². The van der Waals surface area contributed by atoms with Crippen LogP contribution in [0.3, 0.4) is 0 Å². The lowest BCUT2D eigenvalue weighted by atomic mass is 10.1. The molecule has 0 aliphatic rings. The van der Waals surface area contributed by atoms with Crippen LogP contribution in [-0.2, 0) is 4.74 Å². The van der Waals surface area contributed by atoms with Crippen LogP contribution in [0.1, 0.15) is 31.1 Å². The number of aromatic carboxylic acids is 1. The van der Waals surface area contributed by atoms with E-state index in [-0.39, 0.29) is 28.1 Å². The van der Waals surface area contributed by atoms with Crippen molar-refractivity contribution in [2.75, 3.05) is 12.4 Å². The Morgan fingerprint density at radius 2 is 1.70 bits per heavy atom. The van der Waals surface area contributed by atoms with Gasteiger partial charge in [-0.3, -0.25) is 4.79 Å². The normalized spacial score (nSPS) is 9.96. The molecular formula is C16H13NO6. The Morgan fingerprint density at radius 3 is 2.30 bits per heavy atom. The van der Waals surface area contributed by atoms with Gasteiger partial charge in [-0.25, -0.2) is 9.59 Å². The van der Waals surface area contributed by atoms with Gasteiger partial charge in [0.15, 0.2) is 0 Å². The fourth-order valence-corrected chi connectivity index (χ4v) is 1.93. The predicted molar refractivity (Wildman–Crippen MR) is 80.8 cm³/mol. The van der Waals surface area contributed by atoms with E-state index in [1.165, 1.54) is 25.3 Å². The van der Waals surface area contributed by atoms with Crippen LogP contribution >= 0.6 is 0 Å². The molecule has 23 heavy (non-hydrogen) atoms. The summed E-state index contributed by atoms with van der Waals surface area (Å²) in [6.45, 7) is 0. The van der Waals surface area contributed by atoms with Gasteiger partial charge in [-0.05, 0) is 30.3 Å². The molecule has 0 spiro atoms. The van der Waals surface area contributed by atoms with Crippen LogP contribution < -0.4 is 5.32 Å². The summed E-state index contributed by atoms with van der Waals surface area (Å²) < 4.78 is 4.61. The first kappa shape index (κ1) is 16.0. The van der Waals surface area contributed by atoms with E-state index in [1.54, 1.807) is 12.1 Å². The second kappa shape index (κ2) is 6.61. The number of carboxylic acids is 1. The van der Waals surface area contributed by atoms with Crippen LogP contribution in [0.25, 0.3) is 0 Å². The number of hydrogen-bond donors (Lipinski definition) is 3. The topological polar surface area (TPSA) is 113 Å². The maximum absolute atomic E-state index is 12.3. The molecule has 3 N–H and O–H groups in total. The molecule has 118 valence electrons. The van der Waals surface area contributed by atoms with Crippen molar-refractivity contribution in [1.82, 2.24) is 0 Å². The second-order valence-electron chi connectivity index (χ2n) is 4.53. The number of phenols is 1. The van der Waals surface area contributed by atoms with E-state index in [9.17, 15) is 19.5 Å². The van der Waals surface area contributed by atoms with Crippen LogP contribution in [0.2, 0.25) is 0 Å². The summed E-state index contributed by atoms with van der Waals surface area (Å²) >= 11 is 0. The van der Waals surface area contributed by atoms with Gasteiger partial charge in [0.05, 0.1) is 29.5 Å². The fraction of sp³-hybridized carbons (Fsp3) is 0.0625. The van der Waals surface area contributed by atoms with Gasteiger partial charge in [-0.1, -0.05) is 12.1 Å². The largest absolute Gasteiger partial charge is 0.506 e. The molecule has 0 saturated heterocycles. The standard InChI is InChI=1S/C16H13NO6/c1-23-16(22)11-5-3-2-4-10(11)14(19)17-12-8-9(15(20)21)6-7-13(12)18/h2-8,18H,1H3,(H,17,19)(H,20,21). The first-order valence-corrected chi connectivity index (χ1v) is 6.49. The minimum Gasteiger partial charge on any atom is -0.506 e. The van der Waals surface area contributed by atoms with Crippen molar-refractivity contribution in [3.8, 4) is 5.75 Å². The van der Waals surface area contributed by atoms with Crippen molar-refractivity contribution in [2.45, 2.75) is 0 Å². The highest BCUT2D eigenvalue weighted by molar-refractivity contribution is 6.11. The van der Waals surface area contributed by atoms with E-state index >= 15 is 0 Å². The molecule has 0 aliphatic heterocycles. The van der Waals surface area contributed by atoms with Crippen molar-refractivity contribution in [1.29, 1.82) is 0 Å². The van der Waals surface area contributed by atoms with Crippen LogP contribution in [0.4, 0.5) is 5.69 Å². The van der Waals surface area contributed by atoms with Gasteiger partial charge in [-0.2, -0.15) is 0 Å². The lowest BCUT2D eigenvalue weighted by Gasteiger charge is -2.10. The summed E-state index contributed by atoms with van der Waals surface area (Å²) in [5.41, 5.74) is -0.0743. The SMILES string of the molecule is COC(=O)c1ccccc1C(=O)Nc1cc(C(=O)O)ccc1O. The lowest BCUT2D eigenvalue weighted by molar-refractivity contribution is 0.0596. The molecule has 7 heteroatoms. The molecule has 0 heterocycles. The van der Waals surface area contributed by atoms with Crippen LogP contribution in [-0.4, -0.2) is 35.2 Å². The molecule has 0 fully saturated rings. The van der Waals surface area contributed by atoms with Crippen molar-refractivity contribution in [3.63, 3.8) is 0 Å². The number of nitrogens with one attached hydrogen (secondary N) is 1. The van der Waals surface area contributed by atoms with Gasteiger partial charge in [0, 0.05) is 0 Å². The number of carbonyl (C=O) groups is 3. The molecule has 0 saturated carbocycles. The third-order valence-electron chi connectivity index (χ3n) is 3.07. The highest BCUT2D eigenvalue weighted by atomic mass is 16.5. The predicted octanol–water partition coefficient (Wildman–Crippen LogP) is 2.13. The average molecular weight is 315 g/mol. The van der Waals surface area contributed by atoms with E-state index in [0.29, 0.717) is 0 Å². The van der Waals surface area contributed by atoms with E-state index in [2.05, 4.69) is 10.1 Å². The van der Waals surface area contributed by atoms with E-state index in [4.69, 9.17) is 5.11 Å². The third kappa shape index (κ3) is 3.46. The van der Waals surface area contributed by atoms with Crippen LogP contribution in [0.5, 0.6) is 5.75 Å². The van der Waals surface area contributed by atoms with Gasteiger partial charge < -0.3 is 20.3 Å². The molecular weight excluding hydrogens is 302 g/mol. The van der Waals surface area contributed by atoms with Crippen molar-refractivity contribution in [2.24, 2.45) is 0 Å². The molecule has 0 bridgehead atoms. The van der Waals surface area contributed by atoms with E-state index in [0.717, 1.165) is 12.1 Å². The smallest absolute Gasteiger partial charge is 0.338 e. The number of aromatic hydroxyl groups is 1. The number of carbonyl (C=O) groups excluding carboxylic acids is 2. The highest BCUT2D eigenvalue weighted by Crippen LogP contribution is 2.25. The first-order valence-electron chi connectivity index (χ1n) is 6.49. The number of amides is 1. The van der Waals surface area contributed by atoms with E-state index in [1.807, 2.05) is 0 Å². The number of hydrogen-bond acceptors (Lipinski definition) is 5. The van der Waals surface area contributed by atoms with Crippen LogP contribution in [0, 0.1) is 0 Å². The highest BCUT2D eigenvalue weighted by Gasteiger charge is 2.18. The number of rotatable bonds is 4. The molecule has 0 radical (unpaired) electrons. The number of methoxy groups -OCH3 is 1. The second-order valence-corrected chi connectivity index (χ2v) is 4.53. The third-order valence-corrected chi connectivity index (χ3v) is 3.07. The zero-order chi connectivity index (χ0) is 17.0. The Balaban J connectivity index is 2.35. The minimum absolute atomic E-state index is 0.0412. The Labute approximate surface area is 131 Å². The molecule has 1 amide bonds. The molecule has 7 nitrogen and oxygen atoms in total. The number of carboxylic acid groups (broad SMARTS) is 1. The summed E-state index contributed by atoms with van der Waals surface area (Å²) in [7, 11) is 1.19. The monoisotopic (exact) mass is 315 g/mol. The van der Waals surface area contributed by atoms with Gasteiger partial charge in [-0.15, -0.1) is 0 Å². The van der Waals surface area contributed by atoms with Crippen molar-refractivity contribution in [3.05, 3.63) is 59.2 Å².